The van der Waals surface area contributed by atoms with Gasteiger partial charge in [0.05, 0.1) is 11.6 Å². The molecule has 0 amide bonds. The molecule has 2 aromatic rings. The summed E-state index contributed by atoms with van der Waals surface area (Å²) in [5.41, 5.74) is 5.52. The van der Waals surface area contributed by atoms with Gasteiger partial charge in [0.25, 0.3) is 0 Å². The molecule has 0 saturated heterocycles. The van der Waals surface area contributed by atoms with Gasteiger partial charge in [0.15, 0.2) is 0 Å². The fraction of sp³-hybridized carbons (Fsp3) is 0.105. The Morgan fingerprint density at radius 2 is 1.95 bits per heavy atom. The monoisotopic (exact) mass is 272 g/mol. The van der Waals surface area contributed by atoms with Gasteiger partial charge in [-0.15, -0.1) is 0 Å². The quantitative estimate of drug-likeness (QED) is 0.821. The first kappa shape index (κ1) is 13.2. The maximum atomic E-state index is 9.04. The molecule has 2 heteroatoms. The number of hydrogen-bond donors (Lipinski definition) is 0. The number of hydrogen-bond acceptors (Lipinski definition) is 2. The molecule has 0 atom stereocenters. The Kier molecular flexibility index (Phi) is 3.57. The van der Waals surface area contributed by atoms with E-state index in [0.717, 1.165) is 12.1 Å². The summed E-state index contributed by atoms with van der Waals surface area (Å²) in [6.45, 7) is 0. The molecule has 0 aromatic heterocycles. The average Bonchev–Trinajstić information content (AvgIpc) is 2.76. The largest absolute Gasteiger partial charge is 0.348 e. The number of anilines is 1. The SMILES string of the molecule is CN(C1=CC=Cc2ccccc2C1)c1cccc(C#N)c1. The fourth-order valence-corrected chi connectivity index (χ4v) is 2.55. The van der Waals surface area contributed by atoms with Crippen molar-refractivity contribution in [1.29, 1.82) is 5.26 Å². The lowest BCUT2D eigenvalue weighted by Crippen LogP contribution is -2.18. The minimum absolute atomic E-state index is 0.685. The maximum Gasteiger partial charge on any atom is 0.0992 e. The summed E-state index contributed by atoms with van der Waals surface area (Å²) in [7, 11) is 2.05. The van der Waals surface area contributed by atoms with Crippen LogP contribution in [0.1, 0.15) is 16.7 Å². The highest BCUT2D eigenvalue weighted by Gasteiger charge is 2.11. The third kappa shape index (κ3) is 2.73. The Balaban J connectivity index is 1.92. The van der Waals surface area contributed by atoms with Crippen LogP contribution in [0.5, 0.6) is 0 Å². The molecule has 0 N–H and O–H groups in total. The van der Waals surface area contributed by atoms with Gasteiger partial charge in [-0.3, -0.25) is 0 Å². The van der Waals surface area contributed by atoms with Crippen molar-refractivity contribution in [3.8, 4) is 6.07 Å². The lowest BCUT2D eigenvalue weighted by Gasteiger charge is -2.23. The summed E-state index contributed by atoms with van der Waals surface area (Å²) in [6.07, 6.45) is 7.25. The number of rotatable bonds is 2. The lowest BCUT2D eigenvalue weighted by atomic mass is 10.0. The molecule has 0 heterocycles. The maximum absolute atomic E-state index is 9.04. The molecule has 0 spiro atoms. The predicted molar refractivity (Wildman–Crippen MR) is 86.8 cm³/mol. The van der Waals surface area contributed by atoms with E-state index in [9.17, 15) is 0 Å². The van der Waals surface area contributed by atoms with E-state index in [1.54, 1.807) is 0 Å². The van der Waals surface area contributed by atoms with Crippen molar-refractivity contribution in [3.63, 3.8) is 0 Å². The van der Waals surface area contributed by atoms with Gasteiger partial charge in [0.1, 0.15) is 0 Å². The summed E-state index contributed by atoms with van der Waals surface area (Å²) in [5.74, 6) is 0. The Bertz CT molecular complexity index is 763. The van der Waals surface area contributed by atoms with E-state index in [1.165, 1.54) is 16.8 Å². The summed E-state index contributed by atoms with van der Waals surface area (Å²) in [5, 5.41) is 9.04. The lowest BCUT2D eigenvalue weighted by molar-refractivity contribution is 1.00. The normalized spacial score (nSPS) is 12.9. The number of likely N-dealkylation sites (N-methyl/N-ethyl adjacent to an activating group) is 1. The van der Waals surface area contributed by atoms with Gasteiger partial charge in [-0.25, -0.2) is 0 Å². The van der Waals surface area contributed by atoms with Crippen molar-refractivity contribution in [2.45, 2.75) is 6.42 Å². The van der Waals surface area contributed by atoms with Crippen molar-refractivity contribution in [2.24, 2.45) is 0 Å². The minimum Gasteiger partial charge on any atom is -0.348 e. The van der Waals surface area contributed by atoms with E-state index >= 15 is 0 Å². The fourth-order valence-electron chi connectivity index (χ4n) is 2.55. The molecule has 3 rings (SSSR count). The number of benzene rings is 2. The molecule has 102 valence electrons. The van der Waals surface area contributed by atoms with Gasteiger partial charge in [-0.2, -0.15) is 5.26 Å². The van der Waals surface area contributed by atoms with Gasteiger partial charge in [0.2, 0.25) is 0 Å². The zero-order valence-electron chi connectivity index (χ0n) is 12.0. The second kappa shape index (κ2) is 5.68. The van der Waals surface area contributed by atoms with Crippen molar-refractivity contribution >= 4 is 11.8 Å². The van der Waals surface area contributed by atoms with Crippen LogP contribution < -0.4 is 4.90 Å². The standard InChI is InChI=1S/C19H16N2/c1-21(18-10-4-6-15(12-18)14-20)19-11-5-9-16-7-2-3-8-17(16)13-19/h2-12H,13H2,1H3. The van der Waals surface area contributed by atoms with E-state index < -0.39 is 0 Å². The topological polar surface area (TPSA) is 27.0 Å². The molecule has 0 saturated carbocycles. The van der Waals surface area contributed by atoms with Crippen molar-refractivity contribution in [2.75, 3.05) is 11.9 Å². The van der Waals surface area contributed by atoms with Crippen LogP contribution in [0, 0.1) is 11.3 Å². The molecular weight excluding hydrogens is 256 g/mol. The second-order valence-electron chi connectivity index (χ2n) is 5.11. The summed E-state index contributed by atoms with van der Waals surface area (Å²) < 4.78 is 0. The molecule has 0 bridgehead atoms. The minimum atomic E-state index is 0.685. The Morgan fingerprint density at radius 3 is 2.81 bits per heavy atom. The van der Waals surface area contributed by atoms with Crippen LogP contribution in [0.3, 0.4) is 0 Å². The highest BCUT2D eigenvalue weighted by molar-refractivity contribution is 5.62. The van der Waals surface area contributed by atoms with Crippen LogP contribution in [0.2, 0.25) is 0 Å². The Hall–Kier alpha value is -2.79. The van der Waals surface area contributed by atoms with Crippen molar-refractivity contribution in [3.05, 3.63) is 83.1 Å². The van der Waals surface area contributed by atoms with Crippen LogP contribution in [0.4, 0.5) is 5.69 Å². The molecule has 0 radical (unpaired) electrons. The molecule has 21 heavy (non-hydrogen) atoms. The summed E-state index contributed by atoms with van der Waals surface area (Å²) >= 11 is 0. The number of allylic oxidation sites excluding steroid dienone is 3. The van der Waals surface area contributed by atoms with E-state index in [1.807, 2.05) is 31.3 Å². The Labute approximate surface area is 125 Å². The summed E-state index contributed by atoms with van der Waals surface area (Å²) in [4.78, 5) is 2.15. The van der Waals surface area contributed by atoms with Crippen LogP contribution in [-0.2, 0) is 6.42 Å². The highest BCUT2D eigenvalue weighted by Crippen LogP contribution is 2.25. The van der Waals surface area contributed by atoms with E-state index in [0.29, 0.717) is 5.56 Å². The molecule has 0 unspecified atom stereocenters. The van der Waals surface area contributed by atoms with E-state index in [2.05, 4.69) is 53.5 Å². The first-order valence-corrected chi connectivity index (χ1v) is 6.97. The first-order chi connectivity index (χ1) is 10.3. The molecule has 1 aliphatic carbocycles. The smallest absolute Gasteiger partial charge is 0.0992 e. The van der Waals surface area contributed by atoms with Crippen LogP contribution in [-0.4, -0.2) is 7.05 Å². The zero-order valence-corrected chi connectivity index (χ0v) is 12.0. The van der Waals surface area contributed by atoms with Gasteiger partial charge in [-0.05, 0) is 35.4 Å². The van der Waals surface area contributed by atoms with Crippen LogP contribution in [0.15, 0.2) is 66.4 Å². The molecule has 2 aromatic carbocycles. The molecule has 0 fully saturated rings. The molecule has 0 aliphatic heterocycles. The van der Waals surface area contributed by atoms with Crippen molar-refractivity contribution < 1.29 is 0 Å². The van der Waals surface area contributed by atoms with Gasteiger partial charge < -0.3 is 4.90 Å². The number of nitrogens with zero attached hydrogens (tertiary/aromatic N) is 2. The number of fused-ring (bicyclic) bond motifs is 1. The van der Waals surface area contributed by atoms with Gasteiger partial charge in [0, 0.05) is 24.9 Å². The predicted octanol–water partition coefficient (Wildman–Crippen LogP) is 4.15. The zero-order chi connectivity index (χ0) is 14.7. The second-order valence-corrected chi connectivity index (χ2v) is 5.11. The average molecular weight is 272 g/mol. The summed E-state index contributed by atoms with van der Waals surface area (Å²) in [6, 6.07) is 18.3. The molecule has 1 aliphatic rings. The number of nitriles is 1. The third-order valence-corrected chi connectivity index (χ3v) is 3.78. The van der Waals surface area contributed by atoms with Crippen LogP contribution in [0.25, 0.3) is 6.08 Å². The van der Waals surface area contributed by atoms with Crippen molar-refractivity contribution in [1.82, 2.24) is 0 Å². The Morgan fingerprint density at radius 1 is 1.10 bits per heavy atom. The molecule has 2 nitrogen and oxygen atoms in total. The van der Waals surface area contributed by atoms with Crippen LogP contribution >= 0.6 is 0 Å². The first-order valence-electron chi connectivity index (χ1n) is 6.97. The third-order valence-electron chi connectivity index (χ3n) is 3.78. The van der Waals surface area contributed by atoms with Gasteiger partial charge >= 0.3 is 0 Å². The highest BCUT2D eigenvalue weighted by atomic mass is 15.1. The van der Waals surface area contributed by atoms with E-state index in [4.69, 9.17) is 5.26 Å². The van der Waals surface area contributed by atoms with E-state index in [-0.39, 0.29) is 0 Å². The molecular formula is C19H16N2. The van der Waals surface area contributed by atoms with Gasteiger partial charge in [-0.1, -0.05) is 42.5 Å².